The lowest BCUT2D eigenvalue weighted by Crippen LogP contribution is -2.38. The second kappa shape index (κ2) is 9.40. The van der Waals surface area contributed by atoms with Crippen LogP contribution in [-0.2, 0) is 11.0 Å². The fourth-order valence-electron chi connectivity index (χ4n) is 3.71. The molecule has 4 rings (SSSR count). The maximum Gasteiger partial charge on any atom is 0.416 e. The highest BCUT2D eigenvalue weighted by atomic mass is 19.4. The molecule has 1 unspecified atom stereocenters. The van der Waals surface area contributed by atoms with E-state index in [0.29, 0.717) is 25.2 Å². The van der Waals surface area contributed by atoms with Crippen LogP contribution in [0.25, 0.3) is 11.4 Å². The molecule has 0 saturated carbocycles. The van der Waals surface area contributed by atoms with Gasteiger partial charge in [-0.25, -0.2) is 9.97 Å². The lowest BCUT2D eigenvalue weighted by molar-refractivity contribution is -0.137. The van der Waals surface area contributed by atoms with Gasteiger partial charge in [0.25, 0.3) is 5.91 Å². The number of likely N-dealkylation sites (tertiary alicyclic amines) is 1. The lowest BCUT2D eigenvalue weighted by atomic mass is 10.0. The summed E-state index contributed by atoms with van der Waals surface area (Å²) < 4.78 is 39.7. The van der Waals surface area contributed by atoms with Gasteiger partial charge >= 0.3 is 6.18 Å². The number of carbonyl (C=O) groups is 2. The van der Waals surface area contributed by atoms with Crippen molar-refractivity contribution >= 4 is 11.8 Å². The Balaban J connectivity index is 1.57. The van der Waals surface area contributed by atoms with Crippen molar-refractivity contribution in [3.05, 3.63) is 83.7 Å². The molecule has 1 fully saturated rings. The average Bonchev–Trinajstić information content (AvgIpc) is 3.23. The molecule has 33 heavy (non-hydrogen) atoms. The third-order valence-corrected chi connectivity index (χ3v) is 5.44. The number of nitrogens with zero attached hydrogens (tertiary/aromatic N) is 3. The molecule has 3 aromatic rings. The summed E-state index contributed by atoms with van der Waals surface area (Å²) in [5.74, 6) is -0.176. The Morgan fingerprint density at radius 2 is 1.79 bits per heavy atom. The fraction of sp³-hybridized carbons (Fsp3) is 0.250. The zero-order valence-electron chi connectivity index (χ0n) is 17.5. The van der Waals surface area contributed by atoms with Gasteiger partial charge in [0.2, 0.25) is 5.91 Å². The van der Waals surface area contributed by atoms with E-state index >= 15 is 0 Å². The van der Waals surface area contributed by atoms with Gasteiger partial charge in [-0.05, 0) is 24.1 Å². The lowest BCUT2D eigenvalue weighted by Gasteiger charge is -2.25. The van der Waals surface area contributed by atoms with Crippen molar-refractivity contribution in [1.82, 2.24) is 20.2 Å². The number of hydrogen-bond acceptors (Lipinski definition) is 4. The minimum absolute atomic E-state index is 0.0782. The van der Waals surface area contributed by atoms with E-state index in [2.05, 4.69) is 15.3 Å². The zero-order valence-corrected chi connectivity index (χ0v) is 17.5. The van der Waals surface area contributed by atoms with Gasteiger partial charge in [-0.3, -0.25) is 9.59 Å². The van der Waals surface area contributed by atoms with Gasteiger partial charge < -0.3 is 10.2 Å². The SMILES string of the molecule is O=C(NC(CN1CCCC1=O)c1cccc(C(F)(F)F)c1)c1cnc(-c2ccccc2)nc1. The van der Waals surface area contributed by atoms with Crippen LogP contribution < -0.4 is 5.32 Å². The molecule has 1 aromatic heterocycles. The van der Waals surface area contributed by atoms with E-state index < -0.39 is 23.7 Å². The summed E-state index contributed by atoms with van der Waals surface area (Å²) in [7, 11) is 0. The summed E-state index contributed by atoms with van der Waals surface area (Å²) in [6.45, 7) is 0.577. The average molecular weight is 454 g/mol. The van der Waals surface area contributed by atoms with Crippen molar-refractivity contribution < 1.29 is 22.8 Å². The molecule has 1 aliphatic rings. The van der Waals surface area contributed by atoms with Crippen molar-refractivity contribution in [1.29, 1.82) is 0 Å². The maximum absolute atomic E-state index is 13.2. The first kappa shape index (κ1) is 22.4. The number of benzene rings is 2. The molecule has 0 aliphatic carbocycles. The van der Waals surface area contributed by atoms with E-state index in [1.807, 2.05) is 30.3 Å². The molecule has 6 nitrogen and oxygen atoms in total. The summed E-state index contributed by atoms with van der Waals surface area (Å²) in [4.78, 5) is 35.0. The van der Waals surface area contributed by atoms with Crippen LogP contribution in [0.1, 0.15) is 40.4 Å². The number of nitrogens with one attached hydrogen (secondary N) is 1. The van der Waals surface area contributed by atoms with E-state index in [9.17, 15) is 22.8 Å². The molecule has 0 bridgehead atoms. The first-order valence-corrected chi connectivity index (χ1v) is 10.4. The van der Waals surface area contributed by atoms with E-state index in [1.54, 1.807) is 4.90 Å². The second-order valence-corrected chi connectivity index (χ2v) is 7.75. The number of rotatable bonds is 6. The first-order chi connectivity index (χ1) is 15.8. The molecular weight excluding hydrogens is 433 g/mol. The molecule has 1 saturated heterocycles. The molecule has 2 amide bonds. The van der Waals surface area contributed by atoms with Crippen LogP contribution in [0.2, 0.25) is 0 Å². The zero-order chi connectivity index (χ0) is 23.4. The quantitative estimate of drug-likeness (QED) is 0.604. The summed E-state index contributed by atoms with van der Waals surface area (Å²) in [6, 6.07) is 13.2. The number of halogens is 3. The minimum atomic E-state index is -4.52. The molecule has 2 aromatic carbocycles. The topological polar surface area (TPSA) is 75.2 Å². The van der Waals surface area contributed by atoms with Crippen molar-refractivity contribution in [2.75, 3.05) is 13.1 Å². The van der Waals surface area contributed by atoms with Crippen LogP contribution >= 0.6 is 0 Å². The molecule has 0 radical (unpaired) electrons. The Bertz CT molecular complexity index is 1130. The van der Waals surface area contributed by atoms with Crippen molar-refractivity contribution in [2.24, 2.45) is 0 Å². The molecule has 0 spiro atoms. The van der Waals surface area contributed by atoms with E-state index in [0.717, 1.165) is 17.7 Å². The Morgan fingerprint density at radius 3 is 2.42 bits per heavy atom. The highest BCUT2D eigenvalue weighted by Gasteiger charge is 2.32. The van der Waals surface area contributed by atoms with Crippen LogP contribution in [0, 0.1) is 0 Å². The highest BCUT2D eigenvalue weighted by Crippen LogP contribution is 2.31. The summed E-state index contributed by atoms with van der Waals surface area (Å²) >= 11 is 0. The van der Waals surface area contributed by atoms with Crippen molar-refractivity contribution in [3.8, 4) is 11.4 Å². The Morgan fingerprint density at radius 1 is 1.06 bits per heavy atom. The van der Waals surface area contributed by atoms with Crippen molar-refractivity contribution in [3.63, 3.8) is 0 Å². The highest BCUT2D eigenvalue weighted by molar-refractivity contribution is 5.94. The van der Waals surface area contributed by atoms with Crippen LogP contribution in [-0.4, -0.2) is 39.8 Å². The molecule has 1 atom stereocenters. The number of carbonyl (C=O) groups excluding carboxylic acids is 2. The normalized spacial score (nSPS) is 14.9. The predicted octanol–water partition coefficient (Wildman–Crippen LogP) is 4.26. The number of alkyl halides is 3. The van der Waals surface area contributed by atoms with Gasteiger partial charge in [-0.15, -0.1) is 0 Å². The number of hydrogen-bond donors (Lipinski definition) is 1. The third-order valence-electron chi connectivity index (χ3n) is 5.44. The minimum Gasteiger partial charge on any atom is -0.343 e. The summed E-state index contributed by atoms with van der Waals surface area (Å²) in [6.07, 6.45) is -0.714. The Labute approximate surface area is 188 Å². The van der Waals surface area contributed by atoms with Crippen LogP contribution in [0.3, 0.4) is 0 Å². The molecular formula is C24H21F3N4O2. The Hall–Kier alpha value is -3.75. The first-order valence-electron chi connectivity index (χ1n) is 10.4. The molecule has 1 aliphatic heterocycles. The van der Waals surface area contributed by atoms with Gasteiger partial charge in [0.05, 0.1) is 17.2 Å². The monoisotopic (exact) mass is 454 g/mol. The van der Waals surface area contributed by atoms with Gasteiger partial charge in [-0.2, -0.15) is 13.2 Å². The maximum atomic E-state index is 13.2. The molecule has 170 valence electrons. The van der Waals surface area contributed by atoms with E-state index in [1.165, 1.54) is 24.5 Å². The third kappa shape index (κ3) is 5.36. The number of aromatic nitrogens is 2. The van der Waals surface area contributed by atoms with Gasteiger partial charge in [0.15, 0.2) is 5.82 Å². The standard InChI is InChI=1S/C24H21F3N4O2/c25-24(26,27)19-9-4-8-17(12-19)20(15-31-11-5-10-21(31)32)30-23(33)18-13-28-22(29-14-18)16-6-2-1-3-7-16/h1-4,6-9,12-14,20H,5,10-11,15H2,(H,30,33). The van der Waals surface area contributed by atoms with Gasteiger partial charge in [0, 0.05) is 37.5 Å². The van der Waals surface area contributed by atoms with Gasteiger partial charge in [-0.1, -0.05) is 42.5 Å². The van der Waals surface area contributed by atoms with Crippen molar-refractivity contribution in [2.45, 2.75) is 25.1 Å². The van der Waals surface area contributed by atoms with Crippen LogP contribution in [0.4, 0.5) is 13.2 Å². The molecule has 9 heteroatoms. The molecule has 2 heterocycles. The Kier molecular flexibility index (Phi) is 6.39. The van der Waals surface area contributed by atoms with E-state index in [-0.39, 0.29) is 23.6 Å². The van der Waals surface area contributed by atoms with Crippen LogP contribution in [0.15, 0.2) is 67.0 Å². The summed E-state index contributed by atoms with van der Waals surface area (Å²) in [5, 5.41) is 2.75. The molecule has 1 N–H and O–H groups in total. The van der Waals surface area contributed by atoms with Crippen LogP contribution in [0.5, 0.6) is 0 Å². The van der Waals surface area contributed by atoms with E-state index in [4.69, 9.17) is 0 Å². The largest absolute Gasteiger partial charge is 0.416 e. The van der Waals surface area contributed by atoms with Gasteiger partial charge in [0.1, 0.15) is 0 Å². The predicted molar refractivity (Wildman–Crippen MR) is 115 cm³/mol. The fourth-order valence-corrected chi connectivity index (χ4v) is 3.71. The smallest absolute Gasteiger partial charge is 0.343 e. The number of amides is 2. The summed E-state index contributed by atoms with van der Waals surface area (Å²) in [5.41, 5.74) is 0.403. The second-order valence-electron chi connectivity index (χ2n) is 7.75.